The molecule has 9 heteroatoms. The number of allylic oxidation sites excluding steroid dienone is 7. The molecular formula is C67H129N2O6P. The normalized spacial score (nSPS) is 14.0. The molecule has 1 amide bonds. The van der Waals surface area contributed by atoms with Crippen LogP contribution in [0, 0.1) is 0 Å². The molecule has 0 rings (SSSR count). The number of carbonyl (C=O) groups excluding carboxylic acids is 1. The Bertz CT molecular complexity index is 1380. The Morgan fingerprint density at radius 3 is 1.07 bits per heavy atom. The van der Waals surface area contributed by atoms with E-state index in [4.69, 9.17) is 9.05 Å². The van der Waals surface area contributed by atoms with Crippen molar-refractivity contribution >= 4 is 13.7 Å². The fourth-order valence-electron chi connectivity index (χ4n) is 9.83. The standard InChI is InChI=1S/C67H129N2O6P/c1-6-8-10-12-14-16-18-20-22-24-26-28-30-32-33-34-35-36-37-39-41-43-45-47-49-51-53-55-57-59-61-67(71)68-65(64-75-76(72,73)74-63-62-69(3,4)5)66(70)60-58-56-54-52-50-48-46-44-42-40-38-31-29-27-25-23-21-19-17-15-13-11-9-7-2/h32-33,42,44,50,52,58,60,65-66,70H,6-31,34-41,43,45-49,51,53-57,59,61-64H2,1-5H3,(H-,68,71,72,73)/b33-32-,44-42+,52-50+,60-58+. The smallest absolute Gasteiger partial charge is 0.268 e. The summed E-state index contributed by atoms with van der Waals surface area (Å²) in [6, 6.07) is -0.911. The SMILES string of the molecule is CCCCCCCCCCCCCC/C=C\CCCCCCCCCCCCCCCCC(=O)NC(COP(=O)([O-])OCC[N+](C)(C)C)C(O)/C=C/CC/C=C/CC/C=C/CCCCCCCCCCCCCCCC. The van der Waals surface area contributed by atoms with Crippen molar-refractivity contribution in [3.63, 3.8) is 0 Å². The number of phosphoric ester groups is 1. The molecule has 0 aliphatic carbocycles. The highest BCUT2D eigenvalue weighted by Crippen LogP contribution is 2.38. The summed E-state index contributed by atoms with van der Waals surface area (Å²) in [5, 5.41) is 13.9. The van der Waals surface area contributed by atoms with Gasteiger partial charge in [0.2, 0.25) is 5.91 Å². The van der Waals surface area contributed by atoms with Gasteiger partial charge < -0.3 is 28.8 Å². The van der Waals surface area contributed by atoms with Crippen LogP contribution in [0.4, 0.5) is 0 Å². The number of nitrogens with one attached hydrogen (secondary N) is 1. The Kier molecular flexibility index (Phi) is 56.9. The number of hydrogen-bond acceptors (Lipinski definition) is 6. The lowest BCUT2D eigenvalue weighted by Crippen LogP contribution is -2.45. The van der Waals surface area contributed by atoms with Crippen molar-refractivity contribution in [1.29, 1.82) is 0 Å². The molecule has 8 nitrogen and oxygen atoms in total. The van der Waals surface area contributed by atoms with E-state index in [2.05, 4.69) is 55.6 Å². The van der Waals surface area contributed by atoms with Crippen LogP contribution in [0.15, 0.2) is 48.6 Å². The minimum atomic E-state index is -4.61. The maximum absolute atomic E-state index is 13.0. The van der Waals surface area contributed by atoms with Gasteiger partial charge >= 0.3 is 0 Å². The van der Waals surface area contributed by atoms with Gasteiger partial charge in [0.25, 0.3) is 7.82 Å². The van der Waals surface area contributed by atoms with Crippen molar-refractivity contribution in [2.24, 2.45) is 0 Å². The number of phosphoric acid groups is 1. The highest BCUT2D eigenvalue weighted by molar-refractivity contribution is 7.45. The van der Waals surface area contributed by atoms with E-state index in [1.54, 1.807) is 6.08 Å². The van der Waals surface area contributed by atoms with Crippen molar-refractivity contribution in [2.75, 3.05) is 40.9 Å². The Hall–Kier alpha value is -1.54. The molecular weight excluding hydrogens is 960 g/mol. The predicted molar refractivity (Wildman–Crippen MR) is 330 cm³/mol. The van der Waals surface area contributed by atoms with E-state index in [1.807, 2.05) is 27.2 Å². The molecule has 0 heterocycles. The third-order valence-electron chi connectivity index (χ3n) is 15.0. The second kappa shape index (κ2) is 58.1. The molecule has 76 heavy (non-hydrogen) atoms. The van der Waals surface area contributed by atoms with Crippen molar-refractivity contribution in [3.05, 3.63) is 48.6 Å². The van der Waals surface area contributed by atoms with Crippen LogP contribution in [0.25, 0.3) is 0 Å². The Morgan fingerprint density at radius 1 is 0.447 bits per heavy atom. The van der Waals surface area contributed by atoms with Crippen LogP contribution >= 0.6 is 7.82 Å². The van der Waals surface area contributed by atoms with Gasteiger partial charge in [-0.3, -0.25) is 9.36 Å². The van der Waals surface area contributed by atoms with Gasteiger partial charge in [0.1, 0.15) is 13.2 Å². The van der Waals surface area contributed by atoms with Crippen LogP contribution < -0.4 is 10.2 Å². The average molecular weight is 1090 g/mol. The molecule has 3 atom stereocenters. The molecule has 0 aliphatic rings. The van der Waals surface area contributed by atoms with E-state index in [9.17, 15) is 19.4 Å². The summed E-state index contributed by atoms with van der Waals surface area (Å²) in [5.41, 5.74) is 0. The summed E-state index contributed by atoms with van der Waals surface area (Å²) in [5.74, 6) is -0.207. The number of carbonyl (C=O) groups is 1. The fraction of sp³-hybridized carbons (Fsp3) is 0.866. The highest BCUT2D eigenvalue weighted by Gasteiger charge is 2.23. The lowest BCUT2D eigenvalue weighted by Gasteiger charge is -2.29. The lowest BCUT2D eigenvalue weighted by atomic mass is 10.0. The number of unbranched alkanes of at least 4 members (excludes halogenated alkanes) is 42. The van der Waals surface area contributed by atoms with E-state index in [0.29, 0.717) is 17.4 Å². The molecule has 0 fully saturated rings. The number of quaternary nitrogens is 1. The third kappa shape index (κ3) is 60.1. The fourth-order valence-corrected chi connectivity index (χ4v) is 10.6. The third-order valence-corrected chi connectivity index (χ3v) is 16.0. The molecule has 0 aromatic carbocycles. The van der Waals surface area contributed by atoms with Crippen LogP contribution in [0.5, 0.6) is 0 Å². The van der Waals surface area contributed by atoms with Crippen molar-refractivity contribution in [1.82, 2.24) is 5.32 Å². The second-order valence-corrected chi connectivity index (χ2v) is 25.2. The summed E-state index contributed by atoms with van der Waals surface area (Å²) in [7, 11) is 1.24. The van der Waals surface area contributed by atoms with Gasteiger partial charge in [-0.05, 0) is 70.6 Å². The molecule has 0 bridgehead atoms. The predicted octanol–water partition coefficient (Wildman–Crippen LogP) is 20.0. The summed E-state index contributed by atoms with van der Waals surface area (Å²) < 4.78 is 23.4. The van der Waals surface area contributed by atoms with Crippen LogP contribution in [0.1, 0.15) is 322 Å². The number of amides is 1. The zero-order chi connectivity index (χ0) is 55.6. The topological polar surface area (TPSA) is 108 Å². The molecule has 0 aromatic heterocycles. The quantitative estimate of drug-likeness (QED) is 0.0272. The molecule has 0 aromatic rings. The van der Waals surface area contributed by atoms with E-state index in [1.165, 1.54) is 257 Å². The average Bonchev–Trinajstić information content (AvgIpc) is 3.38. The van der Waals surface area contributed by atoms with E-state index >= 15 is 0 Å². The molecule has 0 saturated heterocycles. The lowest BCUT2D eigenvalue weighted by molar-refractivity contribution is -0.870. The van der Waals surface area contributed by atoms with Crippen LogP contribution in [0.3, 0.4) is 0 Å². The van der Waals surface area contributed by atoms with Crippen LogP contribution in [-0.2, 0) is 18.4 Å². The van der Waals surface area contributed by atoms with E-state index < -0.39 is 26.6 Å². The molecule has 0 radical (unpaired) electrons. The minimum absolute atomic E-state index is 0.00870. The minimum Gasteiger partial charge on any atom is -0.756 e. The van der Waals surface area contributed by atoms with Gasteiger partial charge in [0, 0.05) is 6.42 Å². The first-order valence-electron chi connectivity index (χ1n) is 33.0. The molecule has 0 saturated carbocycles. The van der Waals surface area contributed by atoms with E-state index in [0.717, 1.165) is 44.9 Å². The van der Waals surface area contributed by atoms with Crippen molar-refractivity contribution in [3.8, 4) is 0 Å². The number of aliphatic hydroxyl groups excluding tert-OH is 1. The monoisotopic (exact) mass is 1090 g/mol. The molecule has 448 valence electrons. The van der Waals surface area contributed by atoms with Gasteiger partial charge in [-0.2, -0.15) is 0 Å². The Balaban J connectivity index is 4.15. The molecule has 2 N–H and O–H groups in total. The first-order valence-corrected chi connectivity index (χ1v) is 34.5. The summed E-state index contributed by atoms with van der Waals surface area (Å²) in [4.78, 5) is 25.6. The molecule has 0 aliphatic heterocycles. The second-order valence-electron chi connectivity index (χ2n) is 23.8. The zero-order valence-electron chi connectivity index (χ0n) is 51.2. The summed E-state index contributed by atoms with van der Waals surface area (Å²) in [6.45, 7) is 4.67. The highest BCUT2D eigenvalue weighted by atomic mass is 31.2. The number of likely N-dealkylation sites (N-methyl/N-ethyl adjacent to an activating group) is 1. The van der Waals surface area contributed by atoms with Gasteiger partial charge in [0.05, 0.1) is 39.9 Å². The molecule has 0 spiro atoms. The Labute approximate surface area is 473 Å². The first-order chi connectivity index (χ1) is 37.0. The molecule has 3 unspecified atom stereocenters. The maximum atomic E-state index is 13.0. The number of hydrogen-bond donors (Lipinski definition) is 2. The number of nitrogens with zero attached hydrogens (tertiary/aromatic N) is 1. The van der Waals surface area contributed by atoms with Crippen LogP contribution in [0.2, 0.25) is 0 Å². The zero-order valence-corrected chi connectivity index (χ0v) is 52.1. The summed E-state index contributed by atoms with van der Waals surface area (Å²) in [6.07, 6.45) is 78.0. The van der Waals surface area contributed by atoms with Crippen LogP contribution in [-0.4, -0.2) is 68.5 Å². The van der Waals surface area contributed by atoms with Gasteiger partial charge in [-0.25, -0.2) is 0 Å². The Morgan fingerprint density at radius 2 is 0.737 bits per heavy atom. The van der Waals surface area contributed by atoms with E-state index in [-0.39, 0.29) is 12.5 Å². The number of aliphatic hydroxyl groups is 1. The maximum Gasteiger partial charge on any atom is 0.268 e. The number of rotatable bonds is 61. The van der Waals surface area contributed by atoms with Crippen molar-refractivity contribution < 1.29 is 32.9 Å². The first kappa shape index (κ1) is 74.5. The summed E-state index contributed by atoms with van der Waals surface area (Å²) >= 11 is 0. The van der Waals surface area contributed by atoms with Gasteiger partial charge in [-0.1, -0.05) is 294 Å². The van der Waals surface area contributed by atoms with Gasteiger partial charge in [-0.15, -0.1) is 0 Å². The van der Waals surface area contributed by atoms with Gasteiger partial charge in [0.15, 0.2) is 0 Å². The van der Waals surface area contributed by atoms with Crippen molar-refractivity contribution in [2.45, 2.75) is 334 Å². The largest absolute Gasteiger partial charge is 0.756 e.